The van der Waals surface area contributed by atoms with Crippen molar-refractivity contribution in [2.45, 2.75) is 32.2 Å². The van der Waals surface area contributed by atoms with Gasteiger partial charge in [0.1, 0.15) is 9.26 Å². The van der Waals surface area contributed by atoms with E-state index in [0.717, 1.165) is 36.9 Å². The second-order valence-corrected chi connectivity index (χ2v) is 5.76. The fourth-order valence-electron chi connectivity index (χ4n) is 2.67. The highest BCUT2D eigenvalue weighted by Gasteiger charge is 2.35. The van der Waals surface area contributed by atoms with E-state index in [1.807, 2.05) is 27.3 Å². The number of carboxylic acids is 1. The summed E-state index contributed by atoms with van der Waals surface area (Å²) >= 11 is 2.02. The van der Waals surface area contributed by atoms with E-state index in [9.17, 15) is 4.79 Å². The summed E-state index contributed by atoms with van der Waals surface area (Å²) in [5.74, 6) is 0.767. The number of aromatic carboxylic acids is 1. The van der Waals surface area contributed by atoms with E-state index in [2.05, 4.69) is 5.10 Å². The maximum atomic E-state index is 11.1. The molecule has 1 aliphatic carbocycles. The van der Waals surface area contributed by atoms with Crippen LogP contribution in [0, 0.1) is 15.5 Å². The first-order chi connectivity index (χ1) is 7.66. The number of hydrogen-bond acceptors (Lipinski definition) is 2. The van der Waals surface area contributed by atoms with Crippen LogP contribution >= 0.6 is 22.6 Å². The molecular formula is C11H13IN2O2. The van der Waals surface area contributed by atoms with Gasteiger partial charge in [-0.3, -0.25) is 4.68 Å². The average Bonchev–Trinajstić information content (AvgIpc) is 2.99. The predicted octanol–water partition coefficient (Wildman–Crippen LogP) is 2.16. The molecule has 0 spiro atoms. The van der Waals surface area contributed by atoms with Crippen LogP contribution < -0.4 is 0 Å². The van der Waals surface area contributed by atoms with Gasteiger partial charge in [-0.25, -0.2) is 4.79 Å². The molecule has 1 atom stereocenters. The van der Waals surface area contributed by atoms with Crippen LogP contribution in [0.1, 0.15) is 35.3 Å². The van der Waals surface area contributed by atoms with Crippen molar-refractivity contribution in [3.63, 3.8) is 0 Å². The molecule has 2 heterocycles. The van der Waals surface area contributed by atoms with Gasteiger partial charge in [0.2, 0.25) is 0 Å². The van der Waals surface area contributed by atoms with Gasteiger partial charge in [-0.1, -0.05) is 0 Å². The minimum atomic E-state index is -0.837. The Labute approximate surface area is 107 Å². The Hall–Kier alpha value is -0.590. The summed E-state index contributed by atoms with van der Waals surface area (Å²) in [4.78, 5) is 11.1. The summed E-state index contributed by atoms with van der Waals surface area (Å²) < 4.78 is 2.56. The van der Waals surface area contributed by atoms with Crippen molar-refractivity contribution < 1.29 is 9.90 Å². The van der Waals surface area contributed by atoms with E-state index >= 15 is 0 Å². The first-order valence-electron chi connectivity index (χ1n) is 5.65. The Morgan fingerprint density at radius 3 is 2.75 bits per heavy atom. The minimum Gasteiger partial charge on any atom is -0.478 e. The monoisotopic (exact) mass is 332 g/mol. The molecule has 1 N–H and O–H groups in total. The van der Waals surface area contributed by atoms with Crippen molar-refractivity contribution in [3.05, 3.63) is 15.0 Å². The number of fused-ring (bicyclic) bond motifs is 1. The number of rotatable bonds is 2. The van der Waals surface area contributed by atoms with E-state index < -0.39 is 5.97 Å². The van der Waals surface area contributed by atoms with Gasteiger partial charge < -0.3 is 5.11 Å². The van der Waals surface area contributed by atoms with Crippen molar-refractivity contribution >= 4 is 28.6 Å². The molecule has 0 amide bonds. The number of halogens is 1. The van der Waals surface area contributed by atoms with E-state index in [0.29, 0.717) is 9.26 Å². The molecule has 0 bridgehead atoms. The van der Waals surface area contributed by atoms with Crippen LogP contribution in [0.4, 0.5) is 0 Å². The maximum Gasteiger partial charge on any atom is 0.340 e. The zero-order chi connectivity index (χ0) is 11.3. The van der Waals surface area contributed by atoms with E-state index in [-0.39, 0.29) is 0 Å². The van der Waals surface area contributed by atoms with Crippen LogP contribution in [0.2, 0.25) is 0 Å². The van der Waals surface area contributed by atoms with Crippen LogP contribution in [-0.2, 0) is 13.0 Å². The largest absolute Gasteiger partial charge is 0.478 e. The van der Waals surface area contributed by atoms with Gasteiger partial charge in [-0.2, -0.15) is 5.10 Å². The van der Waals surface area contributed by atoms with Gasteiger partial charge in [0.15, 0.2) is 0 Å². The van der Waals surface area contributed by atoms with Crippen LogP contribution in [0.25, 0.3) is 0 Å². The summed E-state index contributed by atoms with van der Waals surface area (Å²) in [6, 6.07) is 0. The molecule has 1 fully saturated rings. The third-order valence-corrected chi connectivity index (χ3v) is 4.43. The fourth-order valence-corrected chi connectivity index (χ4v) is 3.47. The highest BCUT2D eigenvalue weighted by molar-refractivity contribution is 14.1. The zero-order valence-corrected chi connectivity index (χ0v) is 11.0. The number of hydrogen-bond donors (Lipinski definition) is 1. The molecule has 4 nitrogen and oxygen atoms in total. The second kappa shape index (κ2) is 3.72. The third kappa shape index (κ3) is 1.65. The molecule has 5 heteroatoms. The zero-order valence-electron chi connectivity index (χ0n) is 8.82. The summed E-state index contributed by atoms with van der Waals surface area (Å²) in [7, 11) is 0. The Morgan fingerprint density at radius 1 is 1.38 bits per heavy atom. The molecule has 3 rings (SSSR count). The number of carboxylic acid groups (broad SMARTS) is 1. The fraction of sp³-hybridized carbons (Fsp3) is 0.636. The molecule has 0 aromatic carbocycles. The predicted molar refractivity (Wildman–Crippen MR) is 66.4 cm³/mol. The quantitative estimate of drug-likeness (QED) is 0.845. The molecule has 1 aromatic rings. The van der Waals surface area contributed by atoms with Crippen molar-refractivity contribution in [2.24, 2.45) is 11.8 Å². The highest BCUT2D eigenvalue weighted by Crippen LogP contribution is 2.42. The molecule has 86 valence electrons. The van der Waals surface area contributed by atoms with E-state index in [1.54, 1.807) is 0 Å². The molecule has 0 saturated heterocycles. The lowest BCUT2D eigenvalue weighted by Gasteiger charge is -2.23. The van der Waals surface area contributed by atoms with Crippen molar-refractivity contribution in [3.8, 4) is 0 Å². The van der Waals surface area contributed by atoms with Crippen LogP contribution in [0.15, 0.2) is 0 Å². The summed E-state index contributed by atoms with van der Waals surface area (Å²) in [6.45, 7) is 0.920. The summed E-state index contributed by atoms with van der Waals surface area (Å²) in [5.41, 5.74) is 1.35. The van der Waals surface area contributed by atoms with Crippen LogP contribution in [0.5, 0.6) is 0 Å². The second-order valence-electron chi connectivity index (χ2n) is 4.74. The highest BCUT2D eigenvalue weighted by atomic mass is 127. The van der Waals surface area contributed by atoms with Crippen molar-refractivity contribution in [1.29, 1.82) is 0 Å². The lowest BCUT2D eigenvalue weighted by atomic mass is 9.93. The molecule has 1 unspecified atom stereocenters. The Morgan fingerprint density at radius 2 is 2.12 bits per heavy atom. The molecule has 1 saturated carbocycles. The molecule has 2 aliphatic rings. The van der Waals surface area contributed by atoms with Gasteiger partial charge in [0, 0.05) is 6.54 Å². The van der Waals surface area contributed by atoms with Crippen LogP contribution in [0.3, 0.4) is 0 Å². The lowest BCUT2D eigenvalue weighted by Crippen LogP contribution is -2.23. The van der Waals surface area contributed by atoms with Gasteiger partial charge in [-0.15, -0.1) is 0 Å². The third-order valence-electron chi connectivity index (χ3n) is 3.68. The first-order valence-corrected chi connectivity index (χ1v) is 6.73. The van der Waals surface area contributed by atoms with Crippen molar-refractivity contribution in [1.82, 2.24) is 9.78 Å². The van der Waals surface area contributed by atoms with Gasteiger partial charge in [0.05, 0.1) is 5.69 Å². The Balaban J connectivity index is 1.94. The molecule has 1 aromatic heterocycles. The number of nitrogens with zero attached hydrogens (tertiary/aromatic N) is 2. The summed E-state index contributed by atoms with van der Waals surface area (Å²) in [6.07, 6.45) is 4.71. The molecule has 16 heavy (non-hydrogen) atoms. The molecule has 0 radical (unpaired) electrons. The topological polar surface area (TPSA) is 55.1 Å². The number of aromatic nitrogens is 2. The smallest absolute Gasteiger partial charge is 0.340 e. The van der Waals surface area contributed by atoms with Crippen molar-refractivity contribution in [2.75, 3.05) is 0 Å². The lowest BCUT2D eigenvalue weighted by molar-refractivity contribution is 0.0693. The molecular weight excluding hydrogens is 319 g/mol. The standard InChI is InChI=1S/C11H13IN2O2/c12-10-9(11(15)16)8-4-3-7(6-1-2-6)5-14(8)13-10/h6-7H,1-5H2,(H,15,16). The van der Waals surface area contributed by atoms with Gasteiger partial charge in [-0.05, 0) is 60.1 Å². The van der Waals surface area contributed by atoms with E-state index in [1.165, 1.54) is 12.8 Å². The first kappa shape index (κ1) is 10.6. The van der Waals surface area contributed by atoms with E-state index in [4.69, 9.17) is 5.11 Å². The maximum absolute atomic E-state index is 11.1. The van der Waals surface area contributed by atoms with Gasteiger partial charge in [0.25, 0.3) is 0 Å². The van der Waals surface area contributed by atoms with Crippen LogP contribution in [-0.4, -0.2) is 20.9 Å². The SMILES string of the molecule is O=C(O)c1c(I)nn2c1CCC(C1CC1)C2. The van der Waals surface area contributed by atoms with Gasteiger partial charge >= 0.3 is 5.97 Å². The minimum absolute atomic E-state index is 0.426. The normalized spacial score (nSPS) is 24.2. The Bertz CT molecular complexity index is 451. The average molecular weight is 332 g/mol. The Kier molecular flexibility index (Phi) is 2.45. The molecule has 1 aliphatic heterocycles. The summed E-state index contributed by atoms with van der Waals surface area (Å²) in [5, 5.41) is 13.5. The number of carbonyl (C=O) groups is 1.